The fourth-order valence-corrected chi connectivity index (χ4v) is 5.15. The van der Waals surface area contributed by atoms with E-state index in [1.54, 1.807) is 25.6 Å². The number of sulfone groups is 1. The van der Waals surface area contributed by atoms with Crippen molar-refractivity contribution in [3.05, 3.63) is 33.8 Å². The Balaban J connectivity index is 2.09. The topological polar surface area (TPSA) is 51.2 Å². The number of carbonyl (C=O) groups excluding carboxylic acids is 1. The molecule has 0 spiro atoms. The Morgan fingerprint density at radius 3 is 2.27 bits per heavy atom. The van der Waals surface area contributed by atoms with Crippen LogP contribution < -0.4 is 0 Å². The molecule has 0 saturated heterocycles. The molecule has 0 amide bonds. The molecule has 0 aliphatic carbocycles. The summed E-state index contributed by atoms with van der Waals surface area (Å²) in [5.41, 5.74) is 0.948. The Morgan fingerprint density at radius 2 is 1.65 bits per heavy atom. The van der Waals surface area contributed by atoms with Crippen LogP contribution in [-0.4, -0.2) is 31.0 Å². The van der Waals surface area contributed by atoms with Gasteiger partial charge in [-0.3, -0.25) is 4.79 Å². The highest BCUT2D eigenvalue weighted by molar-refractivity contribution is 7.98. The van der Waals surface area contributed by atoms with Crippen molar-refractivity contribution in [2.75, 3.05) is 11.5 Å². The summed E-state index contributed by atoms with van der Waals surface area (Å²) in [5.74, 6) is 2.12. The molecule has 0 heterocycles. The van der Waals surface area contributed by atoms with Crippen molar-refractivity contribution >= 4 is 50.6 Å². The second kappa shape index (κ2) is 12.3. The summed E-state index contributed by atoms with van der Waals surface area (Å²) in [6, 6.07) is 5.49. The van der Waals surface area contributed by atoms with E-state index < -0.39 is 9.84 Å². The van der Waals surface area contributed by atoms with Crippen molar-refractivity contribution in [1.82, 2.24) is 0 Å². The predicted molar refractivity (Wildman–Crippen MR) is 114 cm³/mol. The summed E-state index contributed by atoms with van der Waals surface area (Å²) in [7, 11) is -2.96. The third kappa shape index (κ3) is 9.12. The van der Waals surface area contributed by atoms with Gasteiger partial charge in [0.15, 0.2) is 9.84 Å². The normalized spacial score (nSPS) is 11.9. The smallest absolute Gasteiger partial charge is 0.152 e. The molecule has 0 N–H and O–H groups in total. The average Bonchev–Trinajstić information content (AvgIpc) is 2.56. The molecule has 0 aromatic heterocycles. The van der Waals surface area contributed by atoms with Gasteiger partial charge in [0, 0.05) is 28.6 Å². The van der Waals surface area contributed by atoms with Crippen molar-refractivity contribution in [2.24, 2.45) is 0 Å². The van der Waals surface area contributed by atoms with E-state index in [-0.39, 0.29) is 16.8 Å². The molecule has 1 rings (SSSR count). The summed E-state index contributed by atoms with van der Waals surface area (Å²) in [4.78, 5) is 11.9. The van der Waals surface area contributed by atoms with E-state index in [9.17, 15) is 13.2 Å². The minimum absolute atomic E-state index is 0.222. The number of hydrogen-bond acceptors (Lipinski definition) is 4. The molecule has 0 bridgehead atoms. The fraction of sp³-hybridized carbons (Fsp3) is 0.632. The molecular formula is C19H28Cl2O3S2. The Kier molecular flexibility index (Phi) is 11.2. The van der Waals surface area contributed by atoms with Gasteiger partial charge in [-0.2, -0.15) is 11.8 Å². The zero-order valence-electron chi connectivity index (χ0n) is 15.5. The molecule has 0 radical (unpaired) electrons. The van der Waals surface area contributed by atoms with Gasteiger partial charge in [0.2, 0.25) is 0 Å². The van der Waals surface area contributed by atoms with Crippen LogP contribution in [0.2, 0.25) is 10.0 Å². The maximum absolute atomic E-state index is 11.9. The summed E-state index contributed by atoms with van der Waals surface area (Å²) < 4.78 is 23.4. The Morgan fingerprint density at radius 1 is 1.04 bits per heavy atom. The number of unbranched alkanes of at least 4 members (excludes halogenated alkanes) is 2. The lowest BCUT2D eigenvalue weighted by Crippen LogP contribution is -2.17. The first-order chi connectivity index (χ1) is 12.2. The molecule has 0 saturated carbocycles. The van der Waals surface area contributed by atoms with E-state index in [1.807, 2.05) is 18.2 Å². The van der Waals surface area contributed by atoms with Crippen LogP contribution in [0.4, 0.5) is 0 Å². The first-order valence-corrected chi connectivity index (χ1v) is 12.6. The van der Waals surface area contributed by atoms with Gasteiger partial charge >= 0.3 is 0 Å². The van der Waals surface area contributed by atoms with E-state index in [0.29, 0.717) is 29.3 Å². The van der Waals surface area contributed by atoms with Crippen LogP contribution in [0.15, 0.2) is 18.2 Å². The highest BCUT2D eigenvalue weighted by Crippen LogP contribution is 2.28. The maximum Gasteiger partial charge on any atom is 0.152 e. The number of ketones is 1. The van der Waals surface area contributed by atoms with E-state index in [0.717, 1.165) is 36.3 Å². The largest absolute Gasteiger partial charge is 0.300 e. The molecule has 1 aromatic rings. The molecule has 0 aliphatic rings. The second-order valence-electron chi connectivity index (χ2n) is 6.62. The van der Waals surface area contributed by atoms with Crippen LogP contribution >= 0.6 is 35.0 Å². The van der Waals surface area contributed by atoms with Gasteiger partial charge in [-0.1, -0.05) is 35.7 Å². The SMILES string of the molecule is CC(C)S(=O)(=O)CCCCCC(=O)CCCSCc1c(Cl)cccc1Cl. The van der Waals surface area contributed by atoms with Crippen molar-refractivity contribution in [2.45, 2.75) is 63.4 Å². The molecule has 3 nitrogen and oxygen atoms in total. The highest BCUT2D eigenvalue weighted by Gasteiger charge is 2.15. The number of benzene rings is 1. The monoisotopic (exact) mass is 438 g/mol. The number of rotatable bonds is 13. The van der Waals surface area contributed by atoms with Crippen LogP contribution in [0, 0.1) is 0 Å². The van der Waals surface area contributed by atoms with Gasteiger partial charge in [0.25, 0.3) is 0 Å². The first kappa shape index (κ1) is 23.8. The number of thioether (sulfide) groups is 1. The van der Waals surface area contributed by atoms with Crippen LogP contribution in [0.5, 0.6) is 0 Å². The molecule has 0 fully saturated rings. The van der Waals surface area contributed by atoms with Crippen molar-refractivity contribution in [3.63, 3.8) is 0 Å². The number of carbonyl (C=O) groups is 1. The Bertz CT molecular complexity index is 653. The first-order valence-electron chi connectivity index (χ1n) is 8.98. The van der Waals surface area contributed by atoms with Gasteiger partial charge in [0.05, 0.1) is 11.0 Å². The quantitative estimate of drug-likeness (QED) is 0.356. The molecule has 1 aromatic carbocycles. The van der Waals surface area contributed by atoms with Crippen molar-refractivity contribution < 1.29 is 13.2 Å². The van der Waals surface area contributed by atoms with E-state index in [2.05, 4.69) is 0 Å². The lowest BCUT2D eigenvalue weighted by atomic mass is 10.1. The Hall–Kier alpha value is -0.230. The standard InChI is InChI=1S/C19H28Cl2O3S2/c1-15(2)26(23,24)13-5-3-4-8-16(22)9-7-12-25-14-17-18(20)10-6-11-19(17)21/h6,10-11,15H,3-5,7-9,12-14H2,1-2H3. The lowest BCUT2D eigenvalue weighted by molar-refractivity contribution is -0.119. The molecule has 26 heavy (non-hydrogen) atoms. The van der Waals surface area contributed by atoms with Gasteiger partial charge in [-0.25, -0.2) is 8.42 Å². The van der Waals surface area contributed by atoms with Gasteiger partial charge in [-0.05, 0) is 56.6 Å². The number of Topliss-reactive ketones (excluding diaryl/α,β-unsaturated/α-hetero) is 1. The van der Waals surface area contributed by atoms with Crippen LogP contribution in [0.25, 0.3) is 0 Å². The summed E-state index contributed by atoms with van der Waals surface area (Å²) in [5, 5.41) is 1.04. The van der Waals surface area contributed by atoms with E-state index in [1.165, 1.54) is 0 Å². The predicted octanol–water partition coefficient (Wildman–Crippen LogP) is 5.96. The van der Waals surface area contributed by atoms with Gasteiger partial charge < -0.3 is 0 Å². The second-order valence-corrected chi connectivity index (χ2v) is 11.2. The van der Waals surface area contributed by atoms with E-state index >= 15 is 0 Å². The molecule has 7 heteroatoms. The van der Waals surface area contributed by atoms with Crippen molar-refractivity contribution in [1.29, 1.82) is 0 Å². The number of hydrogen-bond donors (Lipinski definition) is 0. The highest BCUT2D eigenvalue weighted by atomic mass is 35.5. The number of halogens is 2. The molecular weight excluding hydrogens is 411 g/mol. The molecule has 0 aliphatic heterocycles. The average molecular weight is 439 g/mol. The third-order valence-electron chi connectivity index (χ3n) is 4.16. The minimum Gasteiger partial charge on any atom is -0.300 e. The van der Waals surface area contributed by atoms with Crippen LogP contribution in [0.1, 0.15) is 57.9 Å². The summed E-state index contributed by atoms with van der Waals surface area (Å²) in [6.45, 7) is 3.41. The summed E-state index contributed by atoms with van der Waals surface area (Å²) >= 11 is 14.0. The van der Waals surface area contributed by atoms with Crippen molar-refractivity contribution in [3.8, 4) is 0 Å². The molecule has 0 atom stereocenters. The zero-order valence-corrected chi connectivity index (χ0v) is 18.6. The Labute approximate surface area is 172 Å². The van der Waals surface area contributed by atoms with Gasteiger partial charge in [0.1, 0.15) is 5.78 Å². The molecule has 0 unspecified atom stereocenters. The van der Waals surface area contributed by atoms with E-state index in [4.69, 9.17) is 23.2 Å². The lowest BCUT2D eigenvalue weighted by Gasteiger charge is -2.07. The zero-order chi connectivity index (χ0) is 19.6. The van der Waals surface area contributed by atoms with Crippen LogP contribution in [-0.2, 0) is 20.4 Å². The third-order valence-corrected chi connectivity index (χ3v) is 8.23. The van der Waals surface area contributed by atoms with Crippen LogP contribution in [0.3, 0.4) is 0 Å². The maximum atomic E-state index is 11.9. The minimum atomic E-state index is -2.96. The molecule has 148 valence electrons. The fourth-order valence-electron chi connectivity index (χ4n) is 2.38. The van der Waals surface area contributed by atoms with Gasteiger partial charge in [-0.15, -0.1) is 0 Å². The summed E-state index contributed by atoms with van der Waals surface area (Å²) in [6.07, 6.45) is 4.16.